The van der Waals surface area contributed by atoms with Crippen LogP contribution in [0.25, 0.3) is 0 Å². The largest absolute Gasteiger partial charge is 0.468 e. The zero-order valence-corrected chi connectivity index (χ0v) is 9.85. The Morgan fingerprint density at radius 1 is 1.62 bits per heavy atom. The number of methoxy groups -OCH3 is 1. The van der Waals surface area contributed by atoms with Crippen LogP contribution < -0.4 is 5.32 Å². The van der Waals surface area contributed by atoms with Gasteiger partial charge in [0.25, 0.3) is 0 Å². The molecule has 1 N–H and O–H groups in total. The second-order valence-corrected chi connectivity index (χ2v) is 4.26. The molecule has 0 bridgehead atoms. The van der Waals surface area contributed by atoms with Crippen molar-refractivity contribution in [3.63, 3.8) is 0 Å². The van der Waals surface area contributed by atoms with Crippen LogP contribution >= 0.6 is 15.9 Å². The second-order valence-electron chi connectivity index (χ2n) is 3.14. The van der Waals surface area contributed by atoms with E-state index in [-0.39, 0.29) is 17.9 Å². The summed E-state index contributed by atoms with van der Waals surface area (Å²) >= 11 is 3.21. The molecule has 0 aromatic heterocycles. The van der Waals surface area contributed by atoms with Crippen LogP contribution in [0.3, 0.4) is 0 Å². The fourth-order valence-corrected chi connectivity index (χ4v) is 1.10. The molecule has 0 heterocycles. The molecule has 0 saturated carbocycles. The lowest BCUT2D eigenvalue weighted by Gasteiger charge is -2.19. The smallest absolute Gasteiger partial charge is 0.323 e. The van der Waals surface area contributed by atoms with Gasteiger partial charge in [0.1, 0.15) is 6.04 Å². The van der Waals surface area contributed by atoms with E-state index in [1.165, 1.54) is 7.11 Å². The standard InChI is InChI=1S/C9H16BrNO2/c1-6(2)8(9(12)13-4)11-5-7(3)10/h6,8,11H,3,5H2,1-2,4H3. The molecule has 0 saturated heterocycles. The van der Waals surface area contributed by atoms with Crippen LogP contribution in [-0.4, -0.2) is 25.7 Å². The molecule has 3 nitrogen and oxygen atoms in total. The summed E-state index contributed by atoms with van der Waals surface area (Å²) in [6, 6.07) is -0.265. The minimum Gasteiger partial charge on any atom is -0.468 e. The quantitative estimate of drug-likeness (QED) is 0.754. The average Bonchev–Trinajstić information content (AvgIpc) is 2.03. The Labute approximate surface area is 87.7 Å². The molecule has 4 heteroatoms. The van der Waals surface area contributed by atoms with Crippen LogP contribution in [0.4, 0.5) is 0 Å². The number of carbonyl (C=O) groups is 1. The number of hydrogen-bond acceptors (Lipinski definition) is 3. The van der Waals surface area contributed by atoms with Gasteiger partial charge in [-0.2, -0.15) is 0 Å². The lowest BCUT2D eigenvalue weighted by Crippen LogP contribution is -2.42. The van der Waals surface area contributed by atoms with E-state index in [9.17, 15) is 4.79 Å². The molecule has 0 aromatic rings. The number of hydrogen-bond donors (Lipinski definition) is 1. The van der Waals surface area contributed by atoms with Crippen molar-refractivity contribution in [2.75, 3.05) is 13.7 Å². The number of esters is 1. The zero-order chi connectivity index (χ0) is 10.4. The van der Waals surface area contributed by atoms with Gasteiger partial charge in [0.05, 0.1) is 7.11 Å². The van der Waals surface area contributed by atoms with Gasteiger partial charge in [-0.3, -0.25) is 10.1 Å². The molecule has 76 valence electrons. The van der Waals surface area contributed by atoms with E-state index >= 15 is 0 Å². The predicted molar refractivity (Wildman–Crippen MR) is 56.7 cm³/mol. The highest BCUT2D eigenvalue weighted by Crippen LogP contribution is 2.05. The van der Waals surface area contributed by atoms with Crippen LogP contribution in [0.5, 0.6) is 0 Å². The number of halogens is 1. The summed E-state index contributed by atoms with van der Waals surface area (Å²) in [7, 11) is 1.39. The first-order valence-corrected chi connectivity index (χ1v) is 4.92. The highest BCUT2D eigenvalue weighted by atomic mass is 79.9. The third kappa shape index (κ3) is 5.05. The van der Waals surface area contributed by atoms with Crippen LogP contribution in [0.15, 0.2) is 11.1 Å². The van der Waals surface area contributed by atoms with Gasteiger partial charge >= 0.3 is 5.97 Å². The van der Waals surface area contributed by atoms with Crippen molar-refractivity contribution in [2.24, 2.45) is 5.92 Å². The molecule has 13 heavy (non-hydrogen) atoms. The molecule has 0 aliphatic carbocycles. The van der Waals surface area contributed by atoms with Gasteiger partial charge in [0.15, 0.2) is 0 Å². The Morgan fingerprint density at radius 2 is 2.15 bits per heavy atom. The Balaban J connectivity index is 4.10. The minimum absolute atomic E-state index is 0.208. The van der Waals surface area contributed by atoms with Crippen molar-refractivity contribution in [3.05, 3.63) is 11.1 Å². The normalized spacial score (nSPS) is 12.7. The molecule has 0 aliphatic heterocycles. The average molecular weight is 250 g/mol. The summed E-state index contributed by atoms with van der Waals surface area (Å²) in [5.74, 6) is -0.0250. The van der Waals surface area contributed by atoms with Crippen LogP contribution in [0, 0.1) is 5.92 Å². The van der Waals surface area contributed by atoms with Crippen molar-refractivity contribution < 1.29 is 9.53 Å². The number of ether oxygens (including phenoxy) is 1. The molecular weight excluding hydrogens is 234 g/mol. The summed E-state index contributed by atoms with van der Waals surface area (Å²) in [6.45, 7) is 8.17. The topological polar surface area (TPSA) is 38.3 Å². The van der Waals surface area contributed by atoms with E-state index in [0.29, 0.717) is 6.54 Å². The molecule has 0 spiro atoms. The van der Waals surface area contributed by atoms with Gasteiger partial charge in [-0.1, -0.05) is 36.4 Å². The molecule has 1 unspecified atom stereocenters. The van der Waals surface area contributed by atoms with Crippen LogP contribution in [0.1, 0.15) is 13.8 Å². The van der Waals surface area contributed by atoms with Crippen molar-refractivity contribution in [1.82, 2.24) is 5.32 Å². The molecular formula is C9H16BrNO2. The zero-order valence-electron chi connectivity index (χ0n) is 8.26. The van der Waals surface area contributed by atoms with Crippen molar-refractivity contribution in [1.29, 1.82) is 0 Å². The highest BCUT2D eigenvalue weighted by Gasteiger charge is 2.21. The van der Waals surface area contributed by atoms with Gasteiger partial charge in [-0.25, -0.2) is 0 Å². The summed E-state index contributed by atoms with van der Waals surface area (Å²) < 4.78 is 5.48. The van der Waals surface area contributed by atoms with E-state index in [1.807, 2.05) is 13.8 Å². The minimum atomic E-state index is -0.265. The fraction of sp³-hybridized carbons (Fsp3) is 0.667. The van der Waals surface area contributed by atoms with Gasteiger partial charge in [-0.15, -0.1) is 0 Å². The fourth-order valence-electron chi connectivity index (χ4n) is 0.939. The first-order valence-electron chi connectivity index (χ1n) is 4.13. The monoisotopic (exact) mass is 249 g/mol. The van der Waals surface area contributed by atoms with Gasteiger partial charge in [-0.05, 0) is 5.92 Å². The summed E-state index contributed by atoms with van der Waals surface area (Å²) in [4.78, 5) is 11.2. The molecule has 0 radical (unpaired) electrons. The Kier molecular flexibility index (Phi) is 5.99. The van der Waals surface area contributed by atoms with Crippen LogP contribution in [-0.2, 0) is 9.53 Å². The molecule has 0 aromatic carbocycles. The maximum absolute atomic E-state index is 11.2. The molecule has 0 aliphatic rings. The van der Waals surface area contributed by atoms with E-state index < -0.39 is 0 Å². The summed E-state index contributed by atoms with van der Waals surface area (Å²) in [5, 5.41) is 3.05. The molecule has 0 amide bonds. The van der Waals surface area contributed by atoms with Gasteiger partial charge < -0.3 is 4.74 Å². The van der Waals surface area contributed by atoms with Crippen LogP contribution in [0.2, 0.25) is 0 Å². The maximum Gasteiger partial charge on any atom is 0.323 e. The van der Waals surface area contributed by atoms with Gasteiger partial charge in [0, 0.05) is 11.0 Å². The molecule has 0 fully saturated rings. The SMILES string of the molecule is C=C(Br)CNC(C(=O)OC)C(C)C. The second kappa shape index (κ2) is 6.16. The lowest BCUT2D eigenvalue weighted by atomic mass is 10.1. The number of carbonyl (C=O) groups excluding carboxylic acids is 1. The third-order valence-corrected chi connectivity index (χ3v) is 1.92. The Bertz CT molecular complexity index is 192. The Hall–Kier alpha value is -0.350. The van der Waals surface area contributed by atoms with E-state index in [4.69, 9.17) is 0 Å². The van der Waals surface area contributed by atoms with Crippen molar-refractivity contribution in [3.8, 4) is 0 Å². The van der Waals surface area contributed by atoms with Crippen molar-refractivity contribution in [2.45, 2.75) is 19.9 Å². The van der Waals surface area contributed by atoms with E-state index in [1.54, 1.807) is 0 Å². The van der Waals surface area contributed by atoms with Crippen molar-refractivity contribution >= 4 is 21.9 Å². The first kappa shape index (κ1) is 12.7. The number of rotatable bonds is 5. The molecule has 1 atom stereocenters. The van der Waals surface area contributed by atoms with E-state index in [0.717, 1.165) is 4.48 Å². The van der Waals surface area contributed by atoms with Gasteiger partial charge in [0.2, 0.25) is 0 Å². The summed E-state index contributed by atoms with van der Waals surface area (Å²) in [5.41, 5.74) is 0. The Morgan fingerprint density at radius 3 is 2.46 bits per heavy atom. The summed E-state index contributed by atoms with van der Waals surface area (Å²) in [6.07, 6.45) is 0. The predicted octanol–water partition coefficient (Wildman–Crippen LogP) is 1.68. The molecule has 0 rings (SSSR count). The lowest BCUT2D eigenvalue weighted by molar-refractivity contribution is -0.144. The number of nitrogens with one attached hydrogen (secondary N) is 1. The first-order chi connectivity index (χ1) is 5.99. The van der Waals surface area contributed by atoms with E-state index in [2.05, 4.69) is 32.6 Å². The third-order valence-electron chi connectivity index (χ3n) is 1.64. The maximum atomic E-state index is 11.2. The highest BCUT2D eigenvalue weighted by molar-refractivity contribution is 9.11.